The number of likely N-dealkylation sites (N-methyl/N-ethyl adjacent to an activating group) is 1. The van der Waals surface area contributed by atoms with Crippen LogP contribution in [0, 0.1) is 0 Å². The van der Waals surface area contributed by atoms with Crippen molar-refractivity contribution in [1.29, 1.82) is 0 Å². The van der Waals surface area contributed by atoms with E-state index in [1.54, 1.807) is 0 Å². The molecule has 0 spiro atoms. The molecule has 0 heterocycles. The quantitative estimate of drug-likeness (QED) is 0.482. The molecule has 2 radical (unpaired) electrons. The van der Waals surface area contributed by atoms with Crippen molar-refractivity contribution >= 4 is 37.2 Å². The molecule has 0 aromatic rings. The summed E-state index contributed by atoms with van der Waals surface area (Å²) in [6, 6.07) is -1.60. The third-order valence-electron chi connectivity index (χ3n) is 1.55. The smallest absolute Gasteiger partial charge is 0.321 e. The lowest BCUT2D eigenvalue weighted by molar-refractivity contribution is -0.139. The highest BCUT2D eigenvalue weighted by atomic mass is 32.2. The molecule has 6 nitrogen and oxygen atoms in total. The molecule has 0 unspecified atom stereocenters. The second-order valence-electron chi connectivity index (χ2n) is 2.66. The third kappa shape index (κ3) is 7.48. The number of hydrogen-bond acceptors (Lipinski definition) is 5. The van der Waals surface area contributed by atoms with Crippen LogP contribution in [0.4, 0.5) is 0 Å². The van der Waals surface area contributed by atoms with Crippen molar-refractivity contribution in [2.24, 2.45) is 5.73 Å². The number of nitrogens with two attached hydrogens (primary N) is 1. The van der Waals surface area contributed by atoms with Crippen molar-refractivity contribution in [3.63, 3.8) is 0 Å². The lowest BCUT2D eigenvalue weighted by atomic mass is 10.3. The molecule has 0 bridgehead atoms. The maximum Gasteiger partial charge on any atom is 0.321 e. The molecule has 0 aromatic carbocycles. The first-order valence-electron chi connectivity index (χ1n) is 3.95. The molecule has 0 saturated heterocycles. The predicted octanol–water partition coefficient (Wildman–Crippen LogP) is -0.548. The van der Waals surface area contributed by atoms with Crippen LogP contribution >= 0.6 is 25.3 Å². The molecule has 15 heavy (non-hydrogen) atoms. The fourth-order valence-electron chi connectivity index (χ4n) is 0.662. The minimum Gasteiger partial charge on any atom is -0.480 e. The van der Waals surface area contributed by atoms with Gasteiger partial charge >= 0.3 is 11.9 Å². The van der Waals surface area contributed by atoms with Gasteiger partial charge < -0.3 is 21.3 Å². The number of carbonyl (C=O) groups is 2. The lowest BCUT2D eigenvalue weighted by Crippen LogP contribution is -2.38. The Labute approximate surface area is 99.0 Å². The predicted molar refractivity (Wildman–Crippen MR) is 61.0 cm³/mol. The van der Waals surface area contributed by atoms with Gasteiger partial charge in [-0.1, -0.05) is 0 Å². The first-order valence-corrected chi connectivity index (χ1v) is 5.10. The molecule has 0 aliphatic heterocycles. The summed E-state index contributed by atoms with van der Waals surface area (Å²) in [4.78, 5) is 20.8. The van der Waals surface area contributed by atoms with Gasteiger partial charge in [-0.15, -0.1) is 0 Å². The normalized spacial score (nSPS) is 13.7. The molecule has 0 aliphatic rings. The Morgan fingerprint density at radius 3 is 2.20 bits per heavy atom. The summed E-state index contributed by atoms with van der Waals surface area (Å²) in [5.41, 5.74) is 5.23. The molecule has 0 aliphatic carbocycles. The van der Waals surface area contributed by atoms with Crippen molar-refractivity contribution in [2.45, 2.75) is 12.1 Å². The van der Waals surface area contributed by atoms with Crippen molar-refractivity contribution in [2.75, 3.05) is 18.6 Å². The van der Waals surface area contributed by atoms with E-state index in [1.165, 1.54) is 18.8 Å². The molecule has 8 heteroatoms. The average Bonchev–Trinajstić information content (AvgIpc) is 2.11. The van der Waals surface area contributed by atoms with E-state index in [0.717, 1.165) is 0 Å². The fraction of sp³-hybridized carbons (Fsp3) is 0.714. The first kappa shape index (κ1) is 17.0. The van der Waals surface area contributed by atoms with E-state index >= 15 is 0 Å². The van der Waals surface area contributed by atoms with E-state index in [1.807, 2.05) is 0 Å². The van der Waals surface area contributed by atoms with E-state index in [4.69, 9.17) is 15.9 Å². The van der Waals surface area contributed by atoms with Crippen molar-refractivity contribution in [1.82, 2.24) is 5.32 Å². The van der Waals surface area contributed by atoms with Crippen LogP contribution in [0.15, 0.2) is 0 Å². The molecule has 0 amide bonds. The Bertz CT molecular complexity index is 215. The summed E-state index contributed by atoms with van der Waals surface area (Å²) in [7, 11) is 1.54. The summed E-state index contributed by atoms with van der Waals surface area (Å²) >= 11 is 1.20. The van der Waals surface area contributed by atoms with Crippen LogP contribution in [-0.2, 0) is 9.59 Å². The Balaban J connectivity index is 0. The molecular weight excluding hydrogens is 240 g/mol. The molecule has 0 saturated carbocycles. The SMILES string of the molecule is CN[C@@H](CSC[C@H](N)C(=O)O)C(=O)O.[S]. The van der Waals surface area contributed by atoms with E-state index in [-0.39, 0.29) is 19.2 Å². The van der Waals surface area contributed by atoms with Crippen LogP contribution in [-0.4, -0.2) is 52.8 Å². The number of hydrogen-bond donors (Lipinski definition) is 4. The van der Waals surface area contributed by atoms with Crippen LogP contribution in [0.1, 0.15) is 0 Å². The van der Waals surface area contributed by atoms with Gasteiger partial charge in [-0.05, 0) is 7.05 Å². The van der Waals surface area contributed by atoms with Gasteiger partial charge in [0, 0.05) is 25.0 Å². The minimum absolute atomic E-state index is 0. The molecule has 0 rings (SSSR count). The van der Waals surface area contributed by atoms with Gasteiger partial charge in [0.05, 0.1) is 0 Å². The van der Waals surface area contributed by atoms with Gasteiger partial charge in [0.2, 0.25) is 0 Å². The van der Waals surface area contributed by atoms with Crippen molar-refractivity contribution < 1.29 is 19.8 Å². The molecule has 2 atom stereocenters. The summed E-state index contributed by atoms with van der Waals surface area (Å²) in [5.74, 6) is -1.52. The highest BCUT2D eigenvalue weighted by Gasteiger charge is 2.17. The summed E-state index contributed by atoms with van der Waals surface area (Å²) in [6.07, 6.45) is 0. The van der Waals surface area contributed by atoms with Gasteiger partial charge in [-0.3, -0.25) is 9.59 Å². The molecular formula is C7H14N2O4S2. The number of rotatable bonds is 7. The Kier molecular flexibility index (Phi) is 10.00. The zero-order valence-electron chi connectivity index (χ0n) is 8.17. The minimum atomic E-state index is -1.08. The average molecular weight is 254 g/mol. The van der Waals surface area contributed by atoms with Gasteiger partial charge in [-0.2, -0.15) is 11.8 Å². The fourth-order valence-corrected chi connectivity index (χ4v) is 1.74. The second kappa shape index (κ2) is 8.84. The highest BCUT2D eigenvalue weighted by Crippen LogP contribution is 2.04. The van der Waals surface area contributed by atoms with Crippen LogP contribution in [0.25, 0.3) is 0 Å². The van der Waals surface area contributed by atoms with E-state index in [9.17, 15) is 9.59 Å². The largest absolute Gasteiger partial charge is 0.480 e. The maximum absolute atomic E-state index is 10.5. The zero-order valence-corrected chi connectivity index (χ0v) is 9.81. The molecule has 5 N–H and O–H groups in total. The van der Waals surface area contributed by atoms with E-state index in [0.29, 0.717) is 5.75 Å². The molecule has 0 fully saturated rings. The zero-order chi connectivity index (χ0) is 11.1. The van der Waals surface area contributed by atoms with Gasteiger partial charge in [-0.25, -0.2) is 0 Å². The van der Waals surface area contributed by atoms with Gasteiger partial charge in [0.15, 0.2) is 0 Å². The van der Waals surface area contributed by atoms with Crippen LogP contribution < -0.4 is 11.1 Å². The lowest BCUT2D eigenvalue weighted by Gasteiger charge is -2.11. The van der Waals surface area contributed by atoms with E-state index < -0.39 is 24.0 Å². The molecule has 88 valence electrons. The first-order chi connectivity index (χ1) is 6.49. The van der Waals surface area contributed by atoms with Crippen LogP contribution in [0.5, 0.6) is 0 Å². The molecule has 0 aromatic heterocycles. The Morgan fingerprint density at radius 1 is 1.33 bits per heavy atom. The van der Waals surface area contributed by atoms with Gasteiger partial charge in [0.1, 0.15) is 12.1 Å². The Morgan fingerprint density at radius 2 is 1.87 bits per heavy atom. The number of thioether (sulfide) groups is 1. The third-order valence-corrected chi connectivity index (χ3v) is 2.71. The number of carboxylic acids is 2. The van der Waals surface area contributed by atoms with Crippen molar-refractivity contribution in [3.8, 4) is 0 Å². The van der Waals surface area contributed by atoms with E-state index in [2.05, 4.69) is 5.32 Å². The summed E-state index contributed by atoms with van der Waals surface area (Å²) in [5, 5.41) is 19.7. The maximum atomic E-state index is 10.5. The van der Waals surface area contributed by atoms with Crippen LogP contribution in [0.3, 0.4) is 0 Å². The Hall–Kier alpha value is -0.440. The number of carboxylic acid groups (broad SMARTS) is 2. The highest BCUT2D eigenvalue weighted by molar-refractivity contribution is 7.99. The summed E-state index contributed by atoms with van der Waals surface area (Å²) < 4.78 is 0. The number of nitrogens with one attached hydrogen (secondary N) is 1. The monoisotopic (exact) mass is 254 g/mol. The standard InChI is InChI=1S/C7H14N2O4S.S/c1-9-5(7(12)13)3-14-2-4(8)6(10)11;/h4-5,9H,2-3,8H2,1H3,(H,10,11)(H,12,13);/t4-,5-;/m0./s1. The van der Waals surface area contributed by atoms with Crippen LogP contribution in [0.2, 0.25) is 0 Å². The second-order valence-corrected chi connectivity index (χ2v) is 3.74. The topological polar surface area (TPSA) is 113 Å². The van der Waals surface area contributed by atoms with Gasteiger partial charge in [0.25, 0.3) is 0 Å². The van der Waals surface area contributed by atoms with Crippen molar-refractivity contribution in [3.05, 3.63) is 0 Å². The summed E-state index contributed by atoms with van der Waals surface area (Å²) in [6.45, 7) is 0. The number of aliphatic carboxylic acids is 2.